The molecule has 0 amide bonds. The average molecular weight is 213 g/mol. The predicted octanol–water partition coefficient (Wildman–Crippen LogP) is 1.65. The molecule has 14 heavy (non-hydrogen) atoms. The van der Waals surface area contributed by atoms with Crippen LogP contribution in [0.1, 0.15) is 6.42 Å². The molecule has 1 aromatic rings. The van der Waals surface area contributed by atoms with Gasteiger partial charge in [0.1, 0.15) is 17.2 Å². The van der Waals surface area contributed by atoms with Crippen LogP contribution >= 0.6 is 11.8 Å². The van der Waals surface area contributed by atoms with E-state index < -0.39 is 0 Å². The van der Waals surface area contributed by atoms with Crippen LogP contribution in [0.4, 0.5) is 5.82 Å². The number of rotatable bonds is 6. The first kappa shape index (κ1) is 11.3. The molecule has 0 bridgehead atoms. The van der Waals surface area contributed by atoms with Crippen molar-refractivity contribution in [1.29, 1.82) is 0 Å². The lowest BCUT2D eigenvalue weighted by Gasteiger charge is -2.05. The van der Waals surface area contributed by atoms with Gasteiger partial charge in [0, 0.05) is 26.3 Å². The summed E-state index contributed by atoms with van der Waals surface area (Å²) in [4.78, 5) is 8.20. The fourth-order valence-corrected chi connectivity index (χ4v) is 1.36. The maximum atomic E-state index is 4.95. The van der Waals surface area contributed by atoms with Crippen molar-refractivity contribution in [2.75, 3.05) is 31.8 Å². The lowest BCUT2D eigenvalue weighted by molar-refractivity contribution is 0.197. The molecule has 78 valence electrons. The lowest BCUT2D eigenvalue weighted by atomic mass is 10.4. The Bertz CT molecular complexity index is 270. The van der Waals surface area contributed by atoms with E-state index >= 15 is 0 Å². The first-order valence-corrected chi connectivity index (χ1v) is 5.68. The fourth-order valence-electron chi connectivity index (χ4n) is 0.981. The Labute approximate surface area is 88.5 Å². The smallest absolute Gasteiger partial charge is 0.130 e. The molecule has 1 aromatic heterocycles. The Morgan fingerprint density at radius 3 is 3.07 bits per heavy atom. The van der Waals surface area contributed by atoms with Crippen molar-refractivity contribution in [2.24, 2.45) is 0 Å². The molecule has 0 fully saturated rings. The van der Waals surface area contributed by atoms with Crippen LogP contribution in [0.3, 0.4) is 0 Å². The Morgan fingerprint density at radius 1 is 1.50 bits per heavy atom. The topological polar surface area (TPSA) is 47.0 Å². The van der Waals surface area contributed by atoms with Crippen LogP contribution in [0.15, 0.2) is 17.4 Å². The molecule has 0 radical (unpaired) electrons. The van der Waals surface area contributed by atoms with Crippen LogP contribution in [0, 0.1) is 0 Å². The summed E-state index contributed by atoms with van der Waals surface area (Å²) >= 11 is 1.61. The van der Waals surface area contributed by atoms with Crippen LogP contribution in [0.5, 0.6) is 0 Å². The molecule has 5 heteroatoms. The van der Waals surface area contributed by atoms with Crippen LogP contribution in [-0.4, -0.2) is 36.5 Å². The quantitative estimate of drug-likeness (QED) is 0.442. The first-order valence-electron chi connectivity index (χ1n) is 4.45. The van der Waals surface area contributed by atoms with Crippen LogP contribution in [-0.2, 0) is 4.74 Å². The SMILES string of the molecule is COCCCNc1cc(SC)ncn1. The molecule has 1 heterocycles. The van der Waals surface area contributed by atoms with Gasteiger partial charge in [-0.25, -0.2) is 9.97 Å². The minimum atomic E-state index is 0.771. The average Bonchev–Trinajstić information content (AvgIpc) is 2.25. The minimum Gasteiger partial charge on any atom is -0.385 e. The van der Waals surface area contributed by atoms with E-state index in [1.165, 1.54) is 0 Å². The normalized spacial score (nSPS) is 10.1. The van der Waals surface area contributed by atoms with Gasteiger partial charge in [-0.2, -0.15) is 0 Å². The molecule has 0 saturated carbocycles. The van der Waals surface area contributed by atoms with Gasteiger partial charge >= 0.3 is 0 Å². The van der Waals surface area contributed by atoms with E-state index in [1.54, 1.807) is 25.2 Å². The highest BCUT2D eigenvalue weighted by atomic mass is 32.2. The van der Waals surface area contributed by atoms with Crippen molar-refractivity contribution in [3.05, 3.63) is 12.4 Å². The van der Waals surface area contributed by atoms with Crippen molar-refractivity contribution in [2.45, 2.75) is 11.4 Å². The van der Waals surface area contributed by atoms with Crippen LogP contribution < -0.4 is 5.32 Å². The fraction of sp³-hybridized carbons (Fsp3) is 0.556. The van der Waals surface area contributed by atoms with Gasteiger partial charge in [-0.05, 0) is 12.7 Å². The molecule has 0 saturated heterocycles. The van der Waals surface area contributed by atoms with Gasteiger partial charge in [-0.1, -0.05) is 0 Å². The molecule has 1 N–H and O–H groups in total. The van der Waals surface area contributed by atoms with Crippen LogP contribution in [0.25, 0.3) is 0 Å². The molecule has 4 nitrogen and oxygen atoms in total. The highest BCUT2D eigenvalue weighted by Crippen LogP contribution is 2.13. The summed E-state index contributed by atoms with van der Waals surface area (Å²) in [5.74, 6) is 0.875. The first-order chi connectivity index (χ1) is 6.86. The number of hydrogen-bond donors (Lipinski definition) is 1. The summed E-state index contributed by atoms with van der Waals surface area (Å²) in [7, 11) is 1.70. The highest BCUT2D eigenvalue weighted by Gasteiger charge is 1.96. The number of ether oxygens (including phenoxy) is 1. The van der Waals surface area contributed by atoms with Gasteiger partial charge in [0.25, 0.3) is 0 Å². The number of nitrogens with one attached hydrogen (secondary N) is 1. The molecule has 1 rings (SSSR count). The maximum absolute atomic E-state index is 4.95. The van der Waals surface area contributed by atoms with Gasteiger partial charge in [0.05, 0.1) is 0 Å². The molecule has 0 aromatic carbocycles. The van der Waals surface area contributed by atoms with E-state index in [2.05, 4.69) is 15.3 Å². The summed E-state index contributed by atoms with van der Waals surface area (Å²) < 4.78 is 4.95. The Balaban J connectivity index is 2.34. The summed E-state index contributed by atoms with van der Waals surface area (Å²) in [6.07, 6.45) is 4.55. The molecule has 0 atom stereocenters. The lowest BCUT2D eigenvalue weighted by Crippen LogP contribution is -2.06. The number of aromatic nitrogens is 2. The van der Waals surface area contributed by atoms with Crippen molar-refractivity contribution in [3.63, 3.8) is 0 Å². The third-order valence-corrected chi connectivity index (χ3v) is 2.32. The summed E-state index contributed by atoms with van der Waals surface area (Å²) in [5.41, 5.74) is 0. The number of anilines is 1. The monoisotopic (exact) mass is 213 g/mol. The molecule has 0 aliphatic carbocycles. The zero-order valence-corrected chi connectivity index (χ0v) is 9.30. The van der Waals surface area contributed by atoms with E-state index in [4.69, 9.17) is 4.74 Å². The van der Waals surface area contributed by atoms with E-state index in [9.17, 15) is 0 Å². The van der Waals surface area contributed by atoms with Crippen molar-refractivity contribution in [1.82, 2.24) is 9.97 Å². The van der Waals surface area contributed by atoms with Gasteiger partial charge in [0.15, 0.2) is 0 Å². The summed E-state index contributed by atoms with van der Waals surface area (Å²) in [6.45, 7) is 1.64. The van der Waals surface area contributed by atoms with Gasteiger partial charge in [-0.3, -0.25) is 0 Å². The standard InChI is InChI=1S/C9H15N3OS/c1-13-5-3-4-10-8-6-9(14-2)12-7-11-8/h6-7H,3-5H2,1-2H3,(H,10,11,12). The van der Waals surface area contributed by atoms with Crippen LogP contribution in [0.2, 0.25) is 0 Å². The number of hydrogen-bond acceptors (Lipinski definition) is 5. The largest absolute Gasteiger partial charge is 0.385 e. The van der Waals surface area contributed by atoms with Gasteiger partial charge in [-0.15, -0.1) is 11.8 Å². The molecule has 0 aliphatic heterocycles. The number of methoxy groups -OCH3 is 1. The van der Waals surface area contributed by atoms with Crippen molar-refractivity contribution >= 4 is 17.6 Å². The molecular formula is C9H15N3OS. The van der Waals surface area contributed by atoms with E-state index in [-0.39, 0.29) is 0 Å². The Morgan fingerprint density at radius 2 is 2.36 bits per heavy atom. The van der Waals surface area contributed by atoms with E-state index in [0.717, 1.165) is 30.4 Å². The Kier molecular flexibility index (Phi) is 5.32. The second kappa shape index (κ2) is 6.62. The number of nitrogens with zero attached hydrogens (tertiary/aromatic N) is 2. The number of thioether (sulfide) groups is 1. The zero-order chi connectivity index (χ0) is 10.2. The molecule has 0 spiro atoms. The van der Waals surface area contributed by atoms with E-state index in [0.29, 0.717) is 0 Å². The van der Waals surface area contributed by atoms with Crippen molar-refractivity contribution < 1.29 is 4.74 Å². The van der Waals surface area contributed by atoms with Crippen molar-refractivity contribution in [3.8, 4) is 0 Å². The third kappa shape index (κ3) is 3.93. The molecular weight excluding hydrogens is 198 g/mol. The summed E-state index contributed by atoms with van der Waals surface area (Å²) in [5, 5.41) is 4.19. The molecule has 0 unspecified atom stereocenters. The summed E-state index contributed by atoms with van der Waals surface area (Å²) in [6, 6.07) is 1.94. The van der Waals surface area contributed by atoms with Gasteiger partial charge in [0.2, 0.25) is 0 Å². The molecule has 0 aliphatic rings. The highest BCUT2D eigenvalue weighted by molar-refractivity contribution is 7.98. The zero-order valence-electron chi connectivity index (χ0n) is 8.49. The van der Waals surface area contributed by atoms with Gasteiger partial charge < -0.3 is 10.1 Å². The van der Waals surface area contributed by atoms with E-state index in [1.807, 2.05) is 12.3 Å². The second-order valence-electron chi connectivity index (χ2n) is 2.72. The minimum absolute atomic E-state index is 0.771. The third-order valence-electron chi connectivity index (χ3n) is 1.68. The second-order valence-corrected chi connectivity index (χ2v) is 3.55. The predicted molar refractivity (Wildman–Crippen MR) is 58.8 cm³/mol. The Hall–Kier alpha value is -0.810. The maximum Gasteiger partial charge on any atom is 0.130 e.